The van der Waals surface area contributed by atoms with Crippen LogP contribution in [0.4, 0.5) is 0 Å². The maximum atomic E-state index is 12.2. The number of aryl methyl sites for hydroxylation is 2. The summed E-state index contributed by atoms with van der Waals surface area (Å²) in [6.07, 6.45) is 5.89. The van der Waals surface area contributed by atoms with Gasteiger partial charge in [-0.1, -0.05) is 117 Å². The Balaban J connectivity index is 0.000000330. The fraction of sp³-hybridized carbons (Fsp3) is 0.440. The summed E-state index contributed by atoms with van der Waals surface area (Å²) in [5, 5.41) is 13.9. The van der Waals surface area contributed by atoms with Crippen molar-refractivity contribution in [1.29, 1.82) is 0 Å². The maximum Gasteiger partial charge on any atom is 0.164 e. The number of aliphatic hydroxyl groups excluding tert-OH is 1. The zero-order valence-electron chi connectivity index (χ0n) is 35.9. The van der Waals surface area contributed by atoms with Crippen LogP contribution in [0, 0.1) is 36.7 Å². The summed E-state index contributed by atoms with van der Waals surface area (Å²) in [5.41, 5.74) is 7.73. The molecule has 6 heteroatoms. The fourth-order valence-corrected chi connectivity index (χ4v) is 9.48. The number of carbonyl (C=O) groups excluding carboxylic acids is 1. The van der Waals surface area contributed by atoms with Crippen molar-refractivity contribution in [2.45, 2.75) is 128 Å². The number of pyridine rings is 1. The average Bonchev–Trinajstić information content (AvgIpc) is 3.70. The monoisotopic (exact) mass is 965 g/mol. The predicted molar refractivity (Wildman–Crippen MR) is 242 cm³/mol. The van der Waals surface area contributed by atoms with Gasteiger partial charge in [0.15, 0.2) is 5.78 Å². The van der Waals surface area contributed by atoms with Gasteiger partial charge in [0, 0.05) is 57.2 Å². The number of carbonyl (C=O) groups is 1. The van der Waals surface area contributed by atoms with E-state index in [-0.39, 0.29) is 47.9 Å². The van der Waals surface area contributed by atoms with Crippen molar-refractivity contribution in [1.82, 2.24) is 4.98 Å². The second-order valence-corrected chi connectivity index (χ2v) is 19.8. The van der Waals surface area contributed by atoms with E-state index in [0.29, 0.717) is 5.92 Å². The molecule has 0 aliphatic heterocycles. The van der Waals surface area contributed by atoms with Crippen molar-refractivity contribution >= 4 is 59.5 Å². The third-order valence-electron chi connectivity index (χ3n) is 12.1. The number of rotatable bonds is 11. The largest absolute Gasteiger partial charge is 0.512 e. The van der Waals surface area contributed by atoms with Gasteiger partial charge in [0.1, 0.15) is 5.76 Å². The van der Waals surface area contributed by atoms with Gasteiger partial charge in [0.05, 0.1) is 10.2 Å². The van der Waals surface area contributed by atoms with E-state index in [2.05, 4.69) is 115 Å². The fourth-order valence-electron chi connectivity index (χ4n) is 7.08. The molecule has 0 aliphatic carbocycles. The molecule has 0 amide bonds. The zero-order chi connectivity index (χ0) is 40.5. The molecule has 3 aromatic heterocycles. The van der Waals surface area contributed by atoms with E-state index in [0.717, 1.165) is 54.3 Å². The standard InChI is InChI=1S/C35H34NS2.C15H28O2.Ir/c1-20(2)14-27-17-26-16-24(12-13-32(26)38-27)29-19-31(36-33-21(3)22(4)37-34(29)33)25-15-23-10-8-9-11-28(23)30(18-25)35(5,6)7;1-7-14(5,8-2)12(16)11-13(17)15(6,9-3)10-4;/h8-13,16-20H,14H2,1-7H3;11,16H,7-10H2,1-6H3;/q-1;;/b;12-11-;. The quantitative estimate of drug-likeness (QED) is 0.0800. The number of hydrogen-bond acceptors (Lipinski definition) is 5. The first kappa shape index (κ1) is 45.6. The van der Waals surface area contributed by atoms with Crippen molar-refractivity contribution in [2.75, 3.05) is 0 Å². The first-order chi connectivity index (χ1) is 25.9. The van der Waals surface area contributed by atoms with Gasteiger partial charge in [-0.2, -0.15) is 0 Å². The van der Waals surface area contributed by atoms with E-state index in [1.54, 1.807) is 0 Å². The Morgan fingerprint density at radius 3 is 2.11 bits per heavy atom. The second-order valence-electron chi connectivity index (χ2n) is 17.4. The molecule has 3 nitrogen and oxygen atoms in total. The molecule has 0 unspecified atom stereocenters. The second kappa shape index (κ2) is 18.2. The van der Waals surface area contributed by atoms with Crippen LogP contribution in [0.15, 0.2) is 72.5 Å². The molecule has 1 N–H and O–H groups in total. The van der Waals surface area contributed by atoms with Crippen LogP contribution in [0.2, 0.25) is 0 Å². The molecule has 0 atom stereocenters. The number of allylic oxidation sites excluding steroid dienone is 2. The minimum Gasteiger partial charge on any atom is -0.512 e. The molecular weight excluding hydrogens is 903 g/mol. The van der Waals surface area contributed by atoms with Crippen LogP contribution in [0.3, 0.4) is 0 Å². The van der Waals surface area contributed by atoms with Crippen LogP contribution >= 0.6 is 22.7 Å². The van der Waals surface area contributed by atoms with Crippen molar-refractivity contribution in [2.24, 2.45) is 16.7 Å². The summed E-state index contributed by atoms with van der Waals surface area (Å²) in [5.74, 6) is 0.951. The summed E-state index contributed by atoms with van der Waals surface area (Å²) in [6, 6.07) is 26.3. The number of aromatic nitrogens is 1. The third kappa shape index (κ3) is 9.58. The molecule has 3 heterocycles. The van der Waals surface area contributed by atoms with Crippen LogP contribution < -0.4 is 0 Å². The Hall–Kier alpha value is -3.15. The number of hydrogen-bond donors (Lipinski definition) is 1. The van der Waals surface area contributed by atoms with Crippen molar-refractivity contribution in [3.63, 3.8) is 0 Å². The molecule has 6 rings (SSSR count). The van der Waals surface area contributed by atoms with Crippen LogP contribution in [-0.2, 0) is 36.7 Å². The Labute approximate surface area is 358 Å². The average molecular weight is 965 g/mol. The van der Waals surface area contributed by atoms with Gasteiger partial charge >= 0.3 is 0 Å². The summed E-state index contributed by atoms with van der Waals surface area (Å²) >= 11 is 3.79. The minimum absolute atomic E-state index is 0. The van der Waals surface area contributed by atoms with E-state index in [4.69, 9.17) is 4.98 Å². The molecule has 0 aliphatic rings. The molecule has 3 aromatic carbocycles. The van der Waals surface area contributed by atoms with E-state index < -0.39 is 0 Å². The van der Waals surface area contributed by atoms with Crippen molar-refractivity contribution in [3.8, 4) is 22.4 Å². The Kier molecular flexibility index (Phi) is 14.8. The molecule has 0 bridgehead atoms. The molecule has 1 radical (unpaired) electrons. The van der Waals surface area contributed by atoms with Gasteiger partial charge in [0.2, 0.25) is 0 Å². The predicted octanol–water partition coefficient (Wildman–Crippen LogP) is 15.6. The van der Waals surface area contributed by atoms with Crippen LogP contribution in [0.1, 0.15) is 123 Å². The van der Waals surface area contributed by atoms with Gasteiger partial charge in [-0.05, 0) is 97.6 Å². The number of aliphatic hydroxyl groups is 1. The minimum atomic E-state index is -0.337. The number of nitrogens with zero attached hydrogens (tertiary/aromatic N) is 1. The maximum absolute atomic E-state index is 12.2. The SMILES string of the molecule is CCC(C)(CC)C(=O)/C=C(\O)C(C)(CC)CC.Cc1sc2c(-c3ccc4sc(CC(C)C)cc4c3)cc(-c3[c-]c4ccccc4c(C(C)(C)C)c3)nc2c1C.[Ir]. The normalized spacial score (nSPS) is 12.6. The number of benzene rings is 3. The summed E-state index contributed by atoms with van der Waals surface area (Å²) in [6.45, 7) is 28.0. The van der Waals surface area contributed by atoms with Crippen molar-refractivity contribution < 1.29 is 30.0 Å². The van der Waals surface area contributed by atoms with Crippen LogP contribution in [0.25, 0.3) is 53.5 Å². The Bertz CT molecular complexity index is 2340. The first-order valence-electron chi connectivity index (χ1n) is 20.2. The molecule has 56 heavy (non-hydrogen) atoms. The van der Waals surface area contributed by atoms with E-state index >= 15 is 0 Å². The third-order valence-corrected chi connectivity index (χ3v) is 14.4. The summed E-state index contributed by atoms with van der Waals surface area (Å²) in [7, 11) is 0. The smallest absolute Gasteiger partial charge is 0.164 e. The Morgan fingerprint density at radius 1 is 0.857 bits per heavy atom. The van der Waals surface area contributed by atoms with Crippen LogP contribution in [0.5, 0.6) is 0 Å². The van der Waals surface area contributed by atoms with Gasteiger partial charge in [0.25, 0.3) is 0 Å². The van der Waals surface area contributed by atoms with E-state index in [1.165, 1.54) is 58.3 Å². The van der Waals surface area contributed by atoms with Crippen molar-refractivity contribution in [3.05, 3.63) is 99.4 Å². The molecular formula is C50H62IrNO2S2-. The molecule has 6 aromatic rings. The van der Waals surface area contributed by atoms with Gasteiger partial charge in [-0.15, -0.1) is 51.8 Å². The van der Waals surface area contributed by atoms with E-state index in [1.807, 2.05) is 64.2 Å². The van der Waals surface area contributed by atoms with Gasteiger partial charge in [-0.3, -0.25) is 9.78 Å². The zero-order valence-corrected chi connectivity index (χ0v) is 39.9. The first-order valence-corrected chi connectivity index (χ1v) is 21.9. The number of fused-ring (bicyclic) bond motifs is 3. The molecule has 0 fully saturated rings. The molecule has 0 saturated carbocycles. The topological polar surface area (TPSA) is 50.2 Å². The summed E-state index contributed by atoms with van der Waals surface area (Å²) in [4.78, 5) is 20.2. The number of thiophene rings is 2. The van der Waals surface area contributed by atoms with Gasteiger partial charge in [-0.25, -0.2) is 0 Å². The molecule has 0 saturated heterocycles. The molecule has 301 valence electrons. The van der Waals surface area contributed by atoms with Gasteiger partial charge < -0.3 is 5.11 Å². The Morgan fingerprint density at radius 2 is 1.50 bits per heavy atom. The van der Waals surface area contributed by atoms with Crippen LogP contribution in [-0.4, -0.2) is 15.9 Å². The van der Waals surface area contributed by atoms with E-state index in [9.17, 15) is 9.90 Å². The molecule has 0 spiro atoms. The number of ketones is 1. The summed E-state index contributed by atoms with van der Waals surface area (Å²) < 4.78 is 2.64.